The minimum absolute atomic E-state index is 0.301. The smallest absolute Gasteiger partial charge is 0.168 e. The zero-order chi connectivity index (χ0) is 15.2. The summed E-state index contributed by atoms with van der Waals surface area (Å²) < 4.78 is 5.92. The molecule has 0 unspecified atom stereocenters. The van der Waals surface area contributed by atoms with E-state index in [-0.39, 0.29) is 0 Å². The average molecular weight is 303 g/mol. The Hall–Kier alpha value is -1.59. The first kappa shape index (κ1) is 15.8. The molecule has 0 amide bonds. The largest absolute Gasteiger partial charge is 0.454 e. The molecule has 0 saturated heterocycles. The molecule has 2 rings (SSSR count). The first-order valence-corrected chi connectivity index (χ1v) is 8.18. The first-order chi connectivity index (χ1) is 10.1. The van der Waals surface area contributed by atoms with E-state index in [0.717, 1.165) is 17.3 Å². The number of hydrogen-bond acceptors (Lipinski definition) is 5. The number of aromatic nitrogens is 2. The molecule has 0 atom stereocenters. The van der Waals surface area contributed by atoms with Crippen LogP contribution in [0.1, 0.15) is 31.3 Å². The lowest BCUT2D eigenvalue weighted by molar-refractivity contribution is 0.464. The SMILES string of the molecule is CNCc1nc(C(C)C)ncc1Oc1ccc(SC)cc1. The molecular formula is C16H21N3OS. The van der Waals surface area contributed by atoms with Gasteiger partial charge in [0.05, 0.1) is 6.20 Å². The molecule has 5 heteroatoms. The summed E-state index contributed by atoms with van der Waals surface area (Å²) in [6.07, 6.45) is 3.82. The van der Waals surface area contributed by atoms with Gasteiger partial charge in [0.15, 0.2) is 5.75 Å². The number of hydrogen-bond donors (Lipinski definition) is 1. The Morgan fingerprint density at radius 3 is 2.52 bits per heavy atom. The molecule has 1 aromatic carbocycles. The molecule has 4 nitrogen and oxygen atoms in total. The lowest BCUT2D eigenvalue weighted by Gasteiger charge is -2.12. The van der Waals surface area contributed by atoms with Gasteiger partial charge in [-0.15, -0.1) is 11.8 Å². The highest BCUT2D eigenvalue weighted by molar-refractivity contribution is 7.98. The number of thioether (sulfide) groups is 1. The molecule has 0 aliphatic carbocycles. The van der Waals surface area contributed by atoms with Crippen molar-refractivity contribution >= 4 is 11.8 Å². The van der Waals surface area contributed by atoms with Crippen LogP contribution >= 0.6 is 11.8 Å². The van der Waals surface area contributed by atoms with Crippen molar-refractivity contribution in [2.75, 3.05) is 13.3 Å². The highest BCUT2D eigenvalue weighted by Gasteiger charge is 2.11. The number of rotatable bonds is 6. The maximum atomic E-state index is 5.92. The van der Waals surface area contributed by atoms with Gasteiger partial charge in [-0.2, -0.15) is 0 Å². The Balaban J connectivity index is 2.24. The molecule has 21 heavy (non-hydrogen) atoms. The number of ether oxygens (including phenoxy) is 1. The van der Waals surface area contributed by atoms with Crippen LogP contribution in [-0.2, 0) is 6.54 Å². The molecule has 1 heterocycles. The molecule has 2 aromatic rings. The van der Waals surface area contributed by atoms with Crippen LogP contribution in [0.5, 0.6) is 11.5 Å². The summed E-state index contributed by atoms with van der Waals surface area (Å²) >= 11 is 1.71. The molecule has 1 aromatic heterocycles. The van der Waals surface area contributed by atoms with E-state index < -0.39 is 0 Å². The molecule has 0 fully saturated rings. The van der Waals surface area contributed by atoms with Gasteiger partial charge in [0.2, 0.25) is 0 Å². The van der Waals surface area contributed by atoms with E-state index in [0.29, 0.717) is 18.2 Å². The van der Waals surface area contributed by atoms with Crippen LogP contribution in [0.15, 0.2) is 35.4 Å². The Bertz CT molecular complexity index is 585. The van der Waals surface area contributed by atoms with E-state index in [1.54, 1.807) is 18.0 Å². The van der Waals surface area contributed by atoms with Gasteiger partial charge in [-0.3, -0.25) is 0 Å². The van der Waals surface area contributed by atoms with Crippen molar-refractivity contribution < 1.29 is 4.74 Å². The van der Waals surface area contributed by atoms with Crippen molar-refractivity contribution in [3.8, 4) is 11.5 Å². The second-order valence-electron chi connectivity index (χ2n) is 5.00. The predicted molar refractivity (Wildman–Crippen MR) is 87.2 cm³/mol. The van der Waals surface area contributed by atoms with Crippen molar-refractivity contribution in [1.29, 1.82) is 0 Å². The van der Waals surface area contributed by atoms with Gasteiger partial charge in [-0.25, -0.2) is 9.97 Å². The van der Waals surface area contributed by atoms with Gasteiger partial charge in [0, 0.05) is 17.4 Å². The van der Waals surface area contributed by atoms with Crippen molar-refractivity contribution in [2.45, 2.75) is 31.2 Å². The van der Waals surface area contributed by atoms with E-state index >= 15 is 0 Å². The van der Waals surface area contributed by atoms with Gasteiger partial charge < -0.3 is 10.1 Å². The summed E-state index contributed by atoms with van der Waals surface area (Å²) in [5, 5.41) is 3.12. The van der Waals surface area contributed by atoms with Gasteiger partial charge in [0.1, 0.15) is 17.3 Å². The summed E-state index contributed by atoms with van der Waals surface area (Å²) in [5.74, 6) is 2.64. The second kappa shape index (κ2) is 7.43. The van der Waals surface area contributed by atoms with Crippen molar-refractivity contribution in [2.24, 2.45) is 0 Å². The maximum absolute atomic E-state index is 5.92. The Morgan fingerprint density at radius 1 is 1.24 bits per heavy atom. The van der Waals surface area contributed by atoms with Crippen LogP contribution in [-0.4, -0.2) is 23.3 Å². The number of benzene rings is 1. The van der Waals surface area contributed by atoms with E-state index in [4.69, 9.17) is 4.74 Å². The van der Waals surface area contributed by atoms with Crippen LogP contribution in [0, 0.1) is 0 Å². The van der Waals surface area contributed by atoms with Crippen LogP contribution in [0.3, 0.4) is 0 Å². The van der Waals surface area contributed by atoms with Crippen LogP contribution in [0.25, 0.3) is 0 Å². The fourth-order valence-corrected chi connectivity index (χ4v) is 2.26. The molecule has 112 valence electrons. The van der Waals surface area contributed by atoms with Crippen molar-refractivity contribution in [1.82, 2.24) is 15.3 Å². The predicted octanol–water partition coefficient (Wildman–Crippen LogP) is 3.83. The van der Waals surface area contributed by atoms with E-state index in [1.807, 2.05) is 31.3 Å². The lowest BCUT2D eigenvalue weighted by Crippen LogP contribution is -2.11. The summed E-state index contributed by atoms with van der Waals surface area (Å²) in [4.78, 5) is 10.2. The Morgan fingerprint density at radius 2 is 1.95 bits per heavy atom. The molecule has 0 saturated carbocycles. The van der Waals surface area contributed by atoms with Gasteiger partial charge in [0.25, 0.3) is 0 Å². The van der Waals surface area contributed by atoms with E-state index in [2.05, 4.69) is 35.4 Å². The summed E-state index contributed by atoms with van der Waals surface area (Å²) in [6, 6.07) is 8.01. The zero-order valence-corrected chi connectivity index (χ0v) is 13.7. The summed E-state index contributed by atoms with van der Waals surface area (Å²) in [6.45, 7) is 4.82. The normalized spacial score (nSPS) is 10.9. The quantitative estimate of drug-likeness (QED) is 0.822. The molecule has 0 bridgehead atoms. The average Bonchev–Trinajstić information content (AvgIpc) is 2.50. The van der Waals surface area contributed by atoms with E-state index in [1.165, 1.54) is 4.90 Å². The topological polar surface area (TPSA) is 47.0 Å². The van der Waals surface area contributed by atoms with Crippen molar-refractivity contribution in [3.63, 3.8) is 0 Å². The first-order valence-electron chi connectivity index (χ1n) is 6.96. The molecule has 0 radical (unpaired) electrons. The minimum atomic E-state index is 0.301. The number of nitrogens with zero attached hydrogens (tertiary/aromatic N) is 2. The minimum Gasteiger partial charge on any atom is -0.454 e. The summed E-state index contributed by atoms with van der Waals surface area (Å²) in [5.41, 5.74) is 0.880. The van der Waals surface area contributed by atoms with Crippen LogP contribution in [0.2, 0.25) is 0 Å². The summed E-state index contributed by atoms with van der Waals surface area (Å²) in [7, 11) is 1.90. The Labute approximate surface area is 130 Å². The Kier molecular flexibility index (Phi) is 5.59. The third-order valence-electron chi connectivity index (χ3n) is 3.00. The standard InChI is InChI=1S/C16H21N3OS/c1-11(2)16-18-10-15(14(19-16)9-17-3)20-12-5-7-13(21-4)8-6-12/h5-8,10-11,17H,9H2,1-4H3. The van der Waals surface area contributed by atoms with Crippen LogP contribution < -0.4 is 10.1 Å². The zero-order valence-electron chi connectivity index (χ0n) is 12.9. The molecule has 1 N–H and O–H groups in total. The third kappa shape index (κ3) is 4.19. The lowest BCUT2D eigenvalue weighted by atomic mass is 10.2. The molecule has 0 spiro atoms. The van der Waals surface area contributed by atoms with Gasteiger partial charge in [-0.1, -0.05) is 13.8 Å². The fourth-order valence-electron chi connectivity index (χ4n) is 1.85. The molecule has 0 aliphatic rings. The highest BCUT2D eigenvalue weighted by atomic mass is 32.2. The third-order valence-corrected chi connectivity index (χ3v) is 3.74. The molecule has 0 aliphatic heterocycles. The van der Waals surface area contributed by atoms with E-state index in [9.17, 15) is 0 Å². The second-order valence-corrected chi connectivity index (χ2v) is 5.88. The van der Waals surface area contributed by atoms with Gasteiger partial charge in [-0.05, 0) is 37.6 Å². The fraction of sp³-hybridized carbons (Fsp3) is 0.375. The van der Waals surface area contributed by atoms with Crippen molar-refractivity contribution in [3.05, 3.63) is 42.0 Å². The maximum Gasteiger partial charge on any atom is 0.168 e. The number of nitrogens with one attached hydrogen (secondary N) is 1. The molecular weight excluding hydrogens is 282 g/mol. The van der Waals surface area contributed by atoms with Crippen LogP contribution in [0.4, 0.5) is 0 Å². The van der Waals surface area contributed by atoms with Gasteiger partial charge >= 0.3 is 0 Å². The highest BCUT2D eigenvalue weighted by Crippen LogP contribution is 2.26. The monoisotopic (exact) mass is 303 g/mol.